The average Bonchev–Trinajstić information content (AvgIpc) is 3.25. The average molecular weight is 372 g/mol. The second kappa shape index (κ2) is 7.44. The van der Waals surface area contributed by atoms with E-state index in [0.717, 1.165) is 26.7 Å². The summed E-state index contributed by atoms with van der Waals surface area (Å²) in [6, 6.07) is 17.9. The van der Waals surface area contributed by atoms with Crippen LogP contribution in [0.2, 0.25) is 0 Å². The molecule has 0 unspecified atom stereocenters. The third-order valence-corrected chi connectivity index (χ3v) is 5.17. The van der Waals surface area contributed by atoms with E-state index in [4.69, 9.17) is 5.26 Å². The highest BCUT2D eigenvalue weighted by Gasteiger charge is 2.08. The number of nitrogens with one attached hydrogen (secondary N) is 1. The van der Waals surface area contributed by atoms with Gasteiger partial charge < -0.3 is 4.57 Å². The molecule has 4 aromatic rings. The predicted octanol–water partition coefficient (Wildman–Crippen LogP) is 4.82. The summed E-state index contributed by atoms with van der Waals surface area (Å²) in [5.41, 5.74) is 2.88. The van der Waals surface area contributed by atoms with Gasteiger partial charge >= 0.3 is 0 Å². The van der Waals surface area contributed by atoms with Gasteiger partial charge in [-0.1, -0.05) is 41.7 Å². The molecule has 0 spiro atoms. The first-order valence-electron chi connectivity index (χ1n) is 8.54. The molecule has 0 bridgehead atoms. The number of carbonyl (C=O) groups is 1. The molecule has 2 aromatic heterocycles. The summed E-state index contributed by atoms with van der Waals surface area (Å²) in [6.45, 7) is 0.628. The second-order valence-corrected chi connectivity index (χ2v) is 7.04. The van der Waals surface area contributed by atoms with Gasteiger partial charge in [-0.2, -0.15) is 5.26 Å². The molecule has 0 radical (unpaired) electrons. The summed E-state index contributed by atoms with van der Waals surface area (Å²) in [5.74, 6) is -0.220. The van der Waals surface area contributed by atoms with Gasteiger partial charge in [-0.15, -0.1) is 0 Å². The summed E-state index contributed by atoms with van der Waals surface area (Å²) in [4.78, 5) is 16.7. The Labute approximate surface area is 160 Å². The van der Waals surface area contributed by atoms with Crippen LogP contribution >= 0.6 is 11.3 Å². The van der Waals surface area contributed by atoms with Gasteiger partial charge in [0.15, 0.2) is 5.13 Å². The lowest BCUT2D eigenvalue weighted by molar-refractivity contribution is -0.111. The molecule has 6 heteroatoms. The van der Waals surface area contributed by atoms with Crippen LogP contribution in [0.1, 0.15) is 12.0 Å². The number of thiazole rings is 1. The van der Waals surface area contributed by atoms with Crippen molar-refractivity contribution in [1.82, 2.24) is 9.55 Å². The number of nitrogens with zero attached hydrogens (tertiary/aromatic N) is 3. The van der Waals surface area contributed by atoms with E-state index in [9.17, 15) is 4.79 Å². The maximum atomic E-state index is 12.3. The second-order valence-electron chi connectivity index (χ2n) is 6.01. The van der Waals surface area contributed by atoms with Crippen molar-refractivity contribution in [3.8, 4) is 6.07 Å². The zero-order chi connectivity index (χ0) is 18.6. The third-order valence-electron chi connectivity index (χ3n) is 4.22. The van der Waals surface area contributed by atoms with E-state index in [1.165, 1.54) is 17.4 Å². The fraction of sp³-hybridized carbons (Fsp3) is 0.0952. The number of para-hydroxylation sites is 2. The van der Waals surface area contributed by atoms with Gasteiger partial charge in [0.05, 0.1) is 22.7 Å². The van der Waals surface area contributed by atoms with Crippen molar-refractivity contribution in [3.63, 3.8) is 0 Å². The van der Waals surface area contributed by atoms with E-state index in [0.29, 0.717) is 18.1 Å². The number of anilines is 1. The Kier molecular flexibility index (Phi) is 4.69. The van der Waals surface area contributed by atoms with E-state index >= 15 is 0 Å². The van der Waals surface area contributed by atoms with Crippen LogP contribution in [0.15, 0.2) is 60.8 Å². The molecule has 0 fully saturated rings. The lowest BCUT2D eigenvalue weighted by atomic mass is 10.1. The molecule has 0 aliphatic rings. The van der Waals surface area contributed by atoms with Crippen molar-refractivity contribution in [2.45, 2.75) is 13.0 Å². The number of carbonyl (C=O) groups excluding carboxylic acids is 1. The largest absolute Gasteiger partial charge is 0.346 e. The SMILES string of the molecule is N#CCCn1cc(/C=C/C(=O)Nc2nc3ccccc3s2)c2ccccc21. The van der Waals surface area contributed by atoms with Crippen LogP contribution in [0, 0.1) is 11.3 Å². The Morgan fingerprint density at radius 2 is 2.04 bits per heavy atom. The zero-order valence-electron chi connectivity index (χ0n) is 14.4. The van der Waals surface area contributed by atoms with Gasteiger partial charge in [0.25, 0.3) is 0 Å². The van der Waals surface area contributed by atoms with Crippen LogP contribution < -0.4 is 5.32 Å². The Balaban J connectivity index is 1.55. The highest BCUT2D eigenvalue weighted by atomic mass is 32.1. The molecule has 132 valence electrons. The lowest BCUT2D eigenvalue weighted by Crippen LogP contribution is -2.07. The number of rotatable bonds is 5. The fourth-order valence-electron chi connectivity index (χ4n) is 3.00. The molecule has 1 amide bonds. The van der Waals surface area contributed by atoms with Crippen LogP contribution in [0.25, 0.3) is 27.2 Å². The molecule has 27 heavy (non-hydrogen) atoms. The number of amides is 1. The van der Waals surface area contributed by atoms with E-state index < -0.39 is 0 Å². The lowest BCUT2D eigenvalue weighted by Gasteiger charge is -2.00. The van der Waals surface area contributed by atoms with Crippen molar-refractivity contribution in [2.24, 2.45) is 0 Å². The third kappa shape index (κ3) is 3.59. The monoisotopic (exact) mass is 372 g/mol. The molecule has 0 aliphatic carbocycles. The normalized spacial score (nSPS) is 11.2. The maximum Gasteiger partial charge on any atom is 0.250 e. The Bertz CT molecular complexity index is 1160. The summed E-state index contributed by atoms with van der Waals surface area (Å²) >= 11 is 1.45. The minimum absolute atomic E-state index is 0.220. The van der Waals surface area contributed by atoms with Crippen molar-refractivity contribution in [2.75, 3.05) is 5.32 Å². The first kappa shape index (κ1) is 17.0. The van der Waals surface area contributed by atoms with E-state index in [1.54, 1.807) is 6.08 Å². The van der Waals surface area contributed by atoms with Crippen LogP contribution in [-0.4, -0.2) is 15.5 Å². The minimum Gasteiger partial charge on any atom is -0.346 e. The number of fused-ring (bicyclic) bond motifs is 2. The Morgan fingerprint density at radius 3 is 2.89 bits per heavy atom. The van der Waals surface area contributed by atoms with Crippen molar-refractivity contribution in [3.05, 3.63) is 66.4 Å². The summed E-state index contributed by atoms with van der Waals surface area (Å²) in [6.07, 6.45) is 5.74. The number of hydrogen-bond acceptors (Lipinski definition) is 4. The van der Waals surface area contributed by atoms with Crippen LogP contribution in [0.4, 0.5) is 5.13 Å². The molecule has 0 saturated carbocycles. The molecule has 2 heterocycles. The summed E-state index contributed by atoms with van der Waals surface area (Å²) in [5, 5.41) is 13.3. The summed E-state index contributed by atoms with van der Waals surface area (Å²) in [7, 11) is 0. The van der Waals surface area contributed by atoms with Gasteiger partial charge in [-0.05, 0) is 24.3 Å². The van der Waals surface area contributed by atoms with Gasteiger partial charge in [0.1, 0.15) is 0 Å². The topological polar surface area (TPSA) is 70.7 Å². The zero-order valence-corrected chi connectivity index (χ0v) is 15.2. The number of nitriles is 1. The van der Waals surface area contributed by atoms with Crippen molar-refractivity contribution < 1.29 is 4.79 Å². The molecule has 2 aromatic carbocycles. The van der Waals surface area contributed by atoms with Gasteiger partial charge in [-0.25, -0.2) is 4.98 Å². The standard InChI is InChI=1S/C21H16N4OS/c22-12-5-13-25-14-15(16-6-1-3-8-18(16)25)10-11-20(26)24-21-23-17-7-2-4-9-19(17)27-21/h1-4,6-11,14H,5,13H2,(H,23,24,26)/b11-10+. The van der Waals surface area contributed by atoms with E-state index in [-0.39, 0.29) is 5.91 Å². The molecular weight excluding hydrogens is 356 g/mol. The van der Waals surface area contributed by atoms with E-state index in [1.807, 2.05) is 59.3 Å². The highest BCUT2D eigenvalue weighted by Crippen LogP contribution is 2.26. The predicted molar refractivity (Wildman–Crippen MR) is 109 cm³/mol. The van der Waals surface area contributed by atoms with Crippen LogP contribution in [-0.2, 0) is 11.3 Å². The molecule has 0 atom stereocenters. The van der Waals surface area contributed by atoms with Gasteiger partial charge in [0.2, 0.25) is 5.91 Å². The number of aromatic nitrogens is 2. The van der Waals surface area contributed by atoms with Gasteiger partial charge in [0, 0.05) is 35.3 Å². The molecule has 0 saturated heterocycles. The first-order chi connectivity index (χ1) is 13.2. The van der Waals surface area contributed by atoms with Crippen LogP contribution in [0.3, 0.4) is 0 Å². The Morgan fingerprint density at radius 1 is 1.22 bits per heavy atom. The maximum absolute atomic E-state index is 12.3. The molecular formula is C21H16N4OS. The number of benzene rings is 2. The smallest absolute Gasteiger partial charge is 0.250 e. The number of aryl methyl sites for hydroxylation is 1. The fourth-order valence-corrected chi connectivity index (χ4v) is 3.87. The minimum atomic E-state index is -0.220. The van der Waals surface area contributed by atoms with Crippen LogP contribution in [0.5, 0.6) is 0 Å². The van der Waals surface area contributed by atoms with Gasteiger partial charge in [-0.3, -0.25) is 10.1 Å². The van der Waals surface area contributed by atoms with Crippen molar-refractivity contribution in [1.29, 1.82) is 5.26 Å². The molecule has 5 nitrogen and oxygen atoms in total. The summed E-state index contributed by atoms with van der Waals surface area (Å²) < 4.78 is 3.08. The quantitative estimate of drug-likeness (QED) is 0.511. The molecule has 4 rings (SSSR count). The first-order valence-corrected chi connectivity index (χ1v) is 9.36. The Hall–Kier alpha value is -3.43. The van der Waals surface area contributed by atoms with Crippen molar-refractivity contribution >= 4 is 49.6 Å². The van der Waals surface area contributed by atoms with E-state index in [2.05, 4.69) is 16.4 Å². The molecule has 0 aliphatic heterocycles. The highest BCUT2D eigenvalue weighted by molar-refractivity contribution is 7.22. The number of hydrogen-bond donors (Lipinski definition) is 1. The molecule has 1 N–H and O–H groups in total.